The van der Waals surface area contributed by atoms with Gasteiger partial charge in [0.05, 0.1) is 6.34 Å². The molecule has 10 nitrogen and oxygen atoms in total. The number of hydrogen-bond acceptors (Lipinski definition) is 8. The van der Waals surface area contributed by atoms with Gasteiger partial charge in [-0.1, -0.05) is 0 Å². The fraction of sp³-hybridized carbons (Fsp3) is 0.550. The largest absolute Gasteiger partial charge is 0.534 e. The molecule has 0 saturated carbocycles. The topological polar surface area (TPSA) is 110 Å². The van der Waals surface area contributed by atoms with Crippen LogP contribution >= 0.6 is 0 Å². The number of amides is 1. The van der Waals surface area contributed by atoms with E-state index in [9.17, 15) is 26.4 Å². The zero-order chi connectivity index (χ0) is 25.1. The minimum absolute atomic E-state index is 0.0265. The van der Waals surface area contributed by atoms with Crippen LogP contribution in [0, 0.1) is 0 Å². The summed E-state index contributed by atoms with van der Waals surface area (Å²) in [7, 11) is -1.01. The molecule has 1 aromatic carbocycles. The second-order valence-corrected chi connectivity index (χ2v) is 10.2. The third kappa shape index (κ3) is 3.68. The first kappa shape index (κ1) is 24.3. The number of ether oxygens (including phenoxy) is 2. The number of halogens is 3. The van der Waals surface area contributed by atoms with E-state index in [0.717, 1.165) is 12.1 Å². The molecule has 1 spiro atoms. The summed E-state index contributed by atoms with van der Waals surface area (Å²) in [4.78, 5) is 25.4. The highest BCUT2D eigenvalue weighted by Crippen LogP contribution is 2.54. The van der Waals surface area contributed by atoms with E-state index in [2.05, 4.69) is 14.2 Å². The molecule has 1 amide bonds. The third-order valence-electron chi connectivity index (χ3n) is 5.84. The Kier molecular flexibility index (Phi) is 5.59. The summed E-state index contributed by atoms with van der Waals surface area (Å²) in [6.45, 7) is 2.08. The molecule has 3 aliphatic heterocycles. The number of benzene rings is 1. The number of hydrogen-bond donors (Lipinski definition) is 0. The van der Waals surface area contributed by atoms with Crippen molar-refractivity contribution in [2.75, 3.05) is 27.7 Å². The fourth-order valence-corrected chi connectivity index (χ4v) is 4.82. The van der Waals surface area contributed by atoms with Gasteiger partial charge in [-0.05, 0) is 38.0 Å². The number of alkyl halides is 3. The van der Waals surface area contributed by atoms with Crippen LogP contribution in [0.5, 0.6) is 11.5 Å². The maximum absolute atomic E-state index is 13.7. The molecule has 34 heavy (non-hydrogen) atoms. The van der Waals surface area contributed by atoms with Crippen molar-refractivity contribution >= 4 is 28.3 Å². The van der Waals surface area contributed by atoms with E-state index in [-0.39, 0.29) is 17.3 Å². The highest BCUT2D eigenvalue weighted by atomic mass is 32.2. The van der Waals surface area contributed by atoms with Crippen LogP contribution in [0.15, 0.2) is 28.2 Å². The molecule has 186 valence electrons. The van der Waals surface area contributed by atoms with E-state index < -0.39 is 44.5 Å². The molecule has 3 atom stereocenters. The standard InChI is InChI=1S/C20H23F3N4O6S/c1-18-8-5-9-31-15(18)19(16(28)27(4)17(25-19)24-11-26(2)3)13-10-12(6-7-14(13)32-18)33-34(29,30)20(21,22)23/h6-7,10-11,15H,5,8-9H2,1-4H3/b24-11+/t15-,18-,19+/m1/s1. The number of aliphatic imine (C=N–C) groups is 2. The highest BCUT2D eigenvalue weighted by Gasteiger charge is 2.65. The summed E-state index contributed by atoms with van der Waals surface area (Å²) >= 11 is 0. The van der Waals surface area contributed by atoms with E-state index in [4.69, 9.17) is 9.47 Å². The summed E-state index contributed by atoms with van der Waals surface area (Å²) in [6, 6.07) is 3.31. The van der Waals surface area contributed by atoms with Crippen LogP contribution in [0.4, 0.5) is 13.2 Å². The van der Waals surface area contributed by atoms with Gasteiger partial charge < -0.3 is 18.6 Å². The van der Waals surface area contributed by atoms with Crippen LogP contribution in [0.25, 0.3) is 0 Å². The molecule has 3 heterocycles. The van der Waals surface area contributed by atoms with Crippen LogP contribution in [-0.4, -0.2) is 81.4 Å². The lowest BCUT2D eigenvalue weighted by atomic mass is 9.71. The molecule has 0 aromatic heterocycles. The van der Waals surface area contributed by atoms with Gasteiger partial charge in [0, 0.05) is 33.3 Å². The summed E-state index contributed by atoms with van der Waals surface area (Å²) in [5, 5.41) is 0. The first-order chi connectivity index (χ1) is 15.7. The van der Waals surface area contributed by atoms with E-state index in [1.54, 1.807) is 25.9 Å². The van der Waals surface area contributed by atoms with Crippen molar-refractivity contribution in [3.8, 4) is 11.5 Å². The SMILES string of the molecule is CN(C)/C=N/C1=N[C@@]2(C(=O)N1C)c1cc(OS(=O)(=O)C(F)(F)F)ccc1O[C@]1(C)CCCO[C@H]12. The Bertz CT molecular complexity index is 1190. The van der Waals surface area contributed by atoms with Crippen LogP contribution in [0.2, 0.25) is 0 Å². The van der Waals surface area contributed by atoms with Crippen molar-refractivity contribution in [2.24, 2.45) is 9.98 Å². The quantitative estimate of drug-likeness (QED) is 0.267. The van der Waals surface area contributed by atoms with Gasteiger partial charge in [-0.15, -0.1) is 0 Å². The average Bonchev–Trinajstić information content (AvgIpc) is 2.97. The normalized spacial score (nSPS) is 29.0. The molecule has 4 rings (SSSR count). The molecular weight excluding hydrogens is 481 g/mol. The van der Waals surface area contributed by atoms with Crippen molar-refractivity contribution in [3.63, 3.8) is 0 Å². The van der Waals surface area contributed by atoms with Gasteiger partial charge in [-0.3, -0.25) is 9.69 Å². The Labute approximate surface area is 194 Å². The van der Waals surface area contributed by atoms with Crippen LogP contribution in [-0.2, 0) is 25.2 Å². The number of nitrogens with zero attached hydrogens (tertiary/aromatic N) is 4. The highest BCUT2D eigenvalue weighted by molar-refractivity contribution is 7.88. The lowest BCUT2D eigenvalue weighted by Gasteiger charge is -2.51. The number of fused-ring (bicyclic) bond motifs is 4. The zero-order valence-corrected chi connectivity index (χ0v) is 19.6. The predicted octanol–water partition coefficient (Wildman–Crippen LogP) is 1.86. The van der Waals surface area contributed by atoms with E-state index in [1.807, 2.05) is 0 Å². The fourth-order valence-electron chi connectivity index (χ4n) is 4.37. The van der Waals surface area contributed by atoms with Crippen molar-refractivity contribution < 1.29 is 40.0 Å². The van der Waals surface area contributed by atoms with Gasteiger partial charge in [-0.2, -0.15) is 21.6 Å². The Morgan fingerprint density at radius 2 is 2.06 bits per heavy atom. The van der Waals surface area contributed by atoms with Crippen LogP contribution < -0.4 is 8.92 Å². The first-order valence-corrected chi connectivity index (χ1v) is 11.7. The Balaban J connectivity index is 1.91. The lowest BCUT2D eigenvalue weighted by molar-refractivity contribution is -0.175. The summed E-state index contributed by atoms with van der Waals surface area (Å²) < 4.78 is 78.2. The molecule has 1 saturated heterocycles. The number of guanidine groups is 1. The molecule has 1 fully saturated rings. The van der Waals surface area contributed by atoms with E-state index >= 15 is 0 Å². The van der Waals surface area contributed by atoms with Crippen molar-refractivity contribution in [2.45, 2.75) is 42.5 Å². The van der Waals surface area contributed by atoms with Gasteiger partial charge in [0.25, 0.3) is 5.91 Å². The molecule has 0 unspecified atom stereocenters. The monoisotopic (exact) mass is 504 g/mol. The second-order valence-electron chi connectivity index (χ2n) is 8.66. The van der Waals surface area contributed by atoms with Gasteiger partial charge in [0.2, 0.25) is 11.5 Å². The number of carbonyl (C=O) groups is 1. The number of carbonyl (C=O) groups excluding carboxylic acids is 1. The first-order valence-electron chi connectivity index (χ1n) is 10.3. The molecule has 14 heteroatoms. The smallest absolute Gasteiger partial charge is 0.484 e. The molecule has 0 N–H and O–H groups in total. The minimum atomic E-state index is -5.93. The van der Waals surface area contributed by atoms with Crippen molar-refractivity contribution in [3.05, 3.63) is 23.8 Å². The lowest BCUT2D eigenvalue weighted by Crippen LogP contribution is -2.64. The maximum Gasteiger partial charge on any atom is 0.534 e. The molecule has 1 aromatic rings. The van der Waals surface area contributed by atoms with Gasteiger partial charge in [0.15, 0.2) is 0 Å². The van der Waals surface area contributed by atoms with E-state index in [1.165, 1.54) is 24.4 Å². The molecule has 0 radical (unpaired) electrons. The second kappa shape index (κ2) is 7.83. The average molecular weight is 504 g/mol. The zero-order valence-electron chi connectivity index (χ0n) is 18.8. The Morgan fingerprint density at radius 1 is 1.35 bits per heavy atom. The Hall–Kier alpha value is -2.87. The predicted molar refractivity (Wildman–Crippen MR) is 114 cm³/mol. The maximum atomic E-state index is 13.7. The molecule has 0 aliphatic carbocycles. The molecular formula is C20H23F3N4O6S. The van der Waals surface area contributed by atoms with Gasteiger partial charge >= 0.3 is 15.6 Å². The number of rotatable bonds is 3. The summed E-state index contributed by atoms with van der Waals surface area (Å²) in [5.74, 6) is -0.979. The van der Waals surface area contributed by atoms with Crippen LogP contribution in [0.3, 0.4) is 0 Å². The molecule has 3 aliphatic rings. The van der Waals surface area contributed by atoms with Crippen molar-refractivity contribution in [1.82, 2.24) is 9.80 Å². The summed E-state index contributed by atoms with van der Waals surface area (Å²) in [5.41, 5.74) is -8.35. The van der Waals surface area contributed by atoms with Crippen molar-refractivity contribution in [1.29, 1.82) is 0 Å². The summed E-state index contributed by atoms with van der Waals surface area (Å²) in [6.07, 6.45) is 1.68. The molecule has 0 bridgehead atoms. The van der Waals surface area contributed by atoms with E-state index in [0.29, 0.717) is 19.4 Å². The Morgan fingerprint density at radius 3 is 2.71 bits per heavy atom. The number of likely N-dealkylation sites (N-methyl/N-ethyl adjacent to an activating group) is 1. The van der Waals surface area contributed by atoms with Crippen LogP contribution in [0.1, 0.15) is 25.3 Å². The minimum Gasteiger partial charge on any atom is -0.484 e. The van der Waals surface area contributed by atoms with Gasteiger partial charge in [0.1, 0.15) is 23.2 Å². The third-order valence-corrected chi connectivity index (χ3v) is 6.82. The van der Waals surface area contributed by atoms with Gasteiger partial charge in [-0.25, -0.2) is 9.98 Å².